The van der Waals surface area contributed by atoms with Crippen molar-refractivity contribution in [2.24, 2.45) is 0 Å². The van der Waals surface area contributed by atoms with Crippen LogP contribution in [0.15, 0.2) is 54.6 Å². The largest absolute Gasteiger partial charge is 0.478 e. The number of hydrogen-bond acceptors (Lipinski definition) is 9. The molecule has 18 heteroatoms. The van der Waals surface area contributed by atoms with E-state index in [-0.39, 0.29) is 89.3 Å². The Labute approximate surface area is 323 Å². The van der Waals surface area contributed by atoms with Crippen LogP contribution in [0.4, 0.5) is 17.1 Å². The Morgan fingerprint density at radius 3 is 0.947 bits per heavy atom. The molecule has 0 aromatic heterocycles. The summed E-state index contributed by atoms with van der Waals surface area (Å²) in [5.41, 5.74) is -1.71. The van der Waals surface area contributed by atoms with Gasteiger partial charge in [0.2, 0.25) is 17.7 Å². The van der Waals surface area contributed by atoms with Gasteiger partial charge in [-0.05, 0) is 93.1 Å². The third-order valence-electron chi connectivity index (χ3n) is 10.5. The van der Waals surface area contributed by atoms with E-state index in [1.54, 1.807) is 0 Å². The number of carbonyl (C=O) groups excluding carboxylic acids is 6. The minimum atomic E-state index is -1.41. The molecule has 3 aromatic rings. The molecule has 6 amide bonds. The van der Waals surface area contributed by atoms with Crippen molar-refractivity contribution < 1.29 is 58.5 Å². The molecule has 4 heterocycles. The van der Waals surface area contributed by atoms with Crippen LogP contribution >= 0.6 is 0 Å². The maximum atomic E-state index is 14.0. The number of nitrogens with zero attached hydrogens (tertiary/aromatic N) is 3. The number of aromatic carboxylic acids is 3. The molecular weight excluding hydrogens is 744 g/mol. The topological polar surface area (TPSA) is 260 Å². The van der Waals surface area contributed by atoms with Crippen LogP contribution in [0.5, 0.6) is 0 Å². The zero-order valence-electron chi connectivity index (χ0n) is 30.1. The molecule has 0 spiro atoms. The van der Waals surface area contributed by atoms with E-state index in [0.717, 1.165) is 36.4 Å². The molecule has 0 saturated carbocycles. The minimum absolute atomic E-state index is 0.0706. The normalized spacial score (nSPS) is 21.5. The van der Waals surface area contributed by atoms with Gasteiger partial charge in [-0.3, -0.25) is 28.8 Å². The number of rotatable bonds is 3. The molecule has 4 aliphatic rings. The van der Waals surface area contributed by atoms with Gasteiger partial charge in [0.1, 0.15) is 18.1 Å². The molecule has 294 valence electrons. The average Bonchev–Trinajstić information content (AvgIpc) is 3.98. The fourth-order valence-electron chi connectivity index (χ4n) is 7.86. The zero-order chi connectivity index (χ0) is 40.7. The lowest BCUT2D eigenvalue weighted by molar-refractivity contribution is -0.120. The molecule has 3 fully saturated rings. The summed E-state index contributed by atoms with van der Waals surface area (Å²) in [5.74, 6) is -8.50. The van der Waals surface area contributed by atoms with Crippen LogP contribution in [-0.4, -0.2) is 121 Å². The number of fused-ring (bicyclic) bond motifs is 9. The van der Waals surface area contributed by atoms with E-state index in [4.69, 9.17) is 0 Å². The molecule has 3 saturated heterocycles. The number of amides is 6. The SMILES string of the molecule is O=C(O)c1cc2cc(c1)C(=O)N1CCC[C@H]1C(=O)Nc1cc(C(=O)O)cc(c1)C(=O)N1CCC[C@H]1C(=O)Nc1cc(C(=O)O)cc(c1)C(=O)N1CCC[C@H]1C(=O)N2. The maximum Gasteiger partial charge on any atom is 0.335 e. The second kappa shape index (κ2) is 15.2. The molecule has 4 aliphatic heterocycles. The van der Waals surface area contributed by atoms with Crippen molar-refractivity contribution >= 4 is 70.4 Å². The van der Waals surface area contributed by atoms with Crippen molar-refractivity contribution in [2.75, 3.05) is 35.6 Å². The second-order valence-electron chi connectivity index (χ2n) is 14.3. The molecule has 57 heavy (non-hydrogen) atoms. The Kier molecular flexibility index (Phi) is 10.2. The van der Waals surface area contributed by atoms with Gasteiger partial charge in [0, 0.05) is 53.4 Å². The second-order valence-corrected chi connectivity index (χ2v) is 14.3. The highest BCUT2D eigenvalue weighted by Gasteiger charge is 2.39. The number of benzene rings is 3. The molecule has 18 nitrogen and oxygen atoms in total. The van der Waals surface area contributed by atoms with Crippen molar-refractivity contribution in [1.29, 1.82) is 0 Å². The monoisotopic (exact) mass is 780 g/mol. The molecule has 7 rings (SSSR count). The number of carbonyl (C=O) groups is 9. The lowest BCUT2D eigenvalue weighted by Gasteiger charge is -2.26. The Hall–Kier alpha value is -7.11. The van der Waals surface area contributed by atoms with E-state index in [9.17, 15) is 58.5 Å². The summed E-state index contributed by atoms with van der Waals surface area (Å²) >= 11 is 0. The fraction of sp³-hybridized carbons (Fsp3) is 0.308. The molecule has 0 unspecified atom stereocenters. The Balaban J connectivity index is 1.32. The Bertz CT molecular complexity index is 2040. The van der Waals surface area contributed by atoms with E-state index < -0.39 is 71.5 Å². The summed E-state index contributed by atoms with van der Waals surface area (Å²) in [6.45, 7) is 0.325. The summed E-state index contributed by atoms with van der Waals surface area (Å²) in [4.78, 5) is 123. The first-order valence-electron chi connectivity index (χ1n) is 18.2. The zero-order valence-corrected chi connectivity index (χ0v) is 30.1. The van der Waals surface area contributed by atoms with Crippen molar-refractivity contribution in [3.8, 4) is 0 Å². The van der Waals surface area contributed by atoms with Gasteiger partial charge in [-0.1, -0.05) is 0 Å². The molecular formula is C39H36N6O12. The van der Waals surface area contributed by atoms with Crippen molar-refractivity contribution in [2.45, 2.75) is 56.7 Å². The average molecular weight is 781 g/mol. The Morgan fingerprint density at radius 2 is 0.702 bits per heavy atom. The predicted octanol–water partition coefficient (Wildman–Crippen LogP) is 2.82. The van der Waals surface area contributed by atoms with Crippen molar-refractivity contribution in [3.63, 3.8) is 0 Å². The highest BCUT2D eigenvalue weighted by molar-refractivity contribution is 6.08. The summed E-state index contributed by atoms with van der Waals surface area (Å²) in [7, 11) is 0. The summed E-state index contributed by atoms with van der Waals surface area (Å²) in [5, 5.41) is 37.5. The number of carboxylic acids is 3. The van der Waals surface area contributed by atoms with Gasteiger partial charge in [0.25, 0.3) is 17.7 Å². The molecule has 0 radical (unpaired) electrons. The van der Waals surface area contributed by atoms with E-state index in [0.29, 0.717) is 19.3 Å². The molecule has 3 atom stereocenters. The standard InChI is InChI=1S/C39H36N6O12/c46-31-28-4-1-7-43(28)34(49)19-10-22(37(52)53)17-26(13-19)41-32(47)29-5-2-9-45(29)36(51)21-12-24(39(56)57)18-27(15-21)42-33(48)30-6-3-8-44(30)35(50)20-11-23(38(54)55)16-25(14-20)40-31/h10-18,28-30H,1-9H2,(H,40,46)(H,41,47)(H,42,48)(H,52,53)(H,54,55)(H,56,57)/t28-,29-,30-/m0/s1. The summed E-state index contributed by atoms with van der Waals surface area (Å²) in [6, 6.07) is 7.27. The quantitative estimate of drug-likeness (QED) is 0.224. The highest BCUT2D eigenvalue weighted by Crippen LogP contribution is 2.29. The van der Waals surface area contributed by atoms with Crippen molar-refractivity contribution in [1.82, 2.24) is 14.7 Å². The third kappa shape index (κ3) is 7.60. The van der Waals surface area contributed by atoms with Crippen molar-refractivity contribution in [3.05, 3.63) is 88.0 Å². The first kappa shape index (κ1) is 38.2. The van der Waals surface area contributed by atoms with E-state index in [2.05, 4.69) is 16.0 Å². The lowest BCUT2D eigenvalue weighted by atomic mass is 10.0. The van der Waals surface area contributed by atoms with Gasteiger partial charge in [0.05, 0.1) is 16.7 Å². The fourth-order valence-corrected chi connectivity index (χ4v) is 7.86. The van der Waals surface area contributed by atoms with Crippen LogP contribution in [0.2, 0.25) is 0 Å². The van der Waals surface area contributed by atoms with Crippen LogP contribution in [0.1, 0.15) is 101 Å². The van der Waals surface area contributed by atoms with E-state index >= 15 is 0 Å². The first-order chi connectivity index (χ1) is 27.2. The number of nitrogens with one attached hydrogen (secondary N) is 3. The van der Waals surface area contributed by atoms with Crippen LogP contribution in [-0.2, 0) is 14.4 Å². The minimum Gasteiger partial charge on any atom is -0.478 e. The predicted molar refractivity (Wildman–Crippen MR) is 198 cm³/mol. The number of hydrogen-bond donors (Lipinski definition) is 6. The summed E-state index contributed by atoms with van der Waals surface area (Å²) < 4.78 is 0. The number of anilines is 3. The van der Waals surface area contributed by atoms with Gasteiger partial charge in [-0.2, -0.15) is 0 Å². The summed E-state index contributed by atoms with van der Waals surface area (Å²) in [6.07, 6.45) is 1.80. The Morgan fingerprint density at radius 1 is 0.439 bits per heavy atom. The van der Waals surface area contributed by atoms with Gasteiger partial charge < -0.3 is 46.0 Å². The number of carboxylic acid groups (broad SMARTS) is 3. The first-order valence-corrected chi connectivity index (χ1v) is 18.2. The van der Waals surface area contributed by atoms with Gasteiger partial charge >= 0.3 is 17.9 Å². The van der Waals surface area contributed by atoms with Gasteiger partial charge in [-0.25, -0.2) is 14.4 Å². The van der Waals surface area contributed by atoms with E-state index in [1.165, 1.54) is 32.9 Å². The molecule has 0 aliphatic carbocycles. The van der Waals surface area contributed by atoms with Gasteiger partial charge in [0.15, 0.2) is 0 Å². The highest BCUT2D eigenvalue weighted by atomic mass is 16.4. The van der Waals surface area contributed by atoms with Gasteiger partial charge in [-0.15, -0.1) is 0 Å². The molecule has 3 aromatic carbocycles. The van der Waals surface area contributed by atoms with Crippen LogP contribution in [0.25, 0.3) is 0 Å². The maximum absolute atomic E-state index is 14.0. The van der Waals surface area contributed by atoms with Crippen LogP contribution < -0.4 is 16.0 Å². The smallest absolute Gasteiger partial charge is 0.335 e. The molecule has 6 bridgehead atoms. The third-order valence-corrected chi connectivity index (χ3v) is 10.5. The molecule has 6 N–H and O–H groups in total. The van der Waals surface area contributed by atoms with E-state index in [1.807, 2.05) is 0 Å². The van der Waals surface area contributed by atoms with Crippen LogP contribution in [0.3, 0.4) is 0 Å². The lowest BCUT2D eigenvalue weighted by Crippen LogP contribution is -2.44. The van der Waals surface area contributed by atoms with Crippen LogP contribution in [0, 0.1) is 0 Å².